The molecule has 2 aromatic carbocycles. The number of nitro benzene ring substituents is 1. The van der Waals surface area contributed by atoms with Crippen LogP contribution in [0.2, 0.25) is 10.0 Å². The second kappa shape index (κ2) is 8.00. The molecule has 0 unspecified atom stereocenters. The fraction of sp³-hybridized carbons (Fsp3) is 0.111. The number of nitrogens with zero attached hydrogens (tertiary/aromatic N) is 2. The van der Waals surface area contributed by atoms with Crippen molar-refractivity contribution in [3.8, 4) is 6.07 Å². The van der Waals surface area contributed by atoms with E-state index in [1.165, 1.54) is 12.1 Å². The molecule has 0 heterocycles. The SMILES string of the molecule is Cc1cccc(NC(=O)/C(C#N)=C\c2cc([N+](=O)[O-])c(Cl)cc2Cl)c1C. The third-order valence-electron chi connectivity index (χ3n) is 3.78. The van der Waals surface area contributed by atoms with Gasteiger partial charge in [-0.1, -0.05) is 35.3 Å². The molecule has 0 aliphatic carbocycles. The summed E-state index contributed by atoms with van der Waals surface area (Å²) in [5, 5.41) is 22.9. The highest BCUT2D eigenvalue weighted by molar-refractivity contribution is 6.37. The highest BCUT2D eigenvalue weighted by Gasteiger charge is 2.17. The minimum Gasteiger partial charge on any atom is -0.321 e. The molecule has 0 saturated carbocycles. The number of anilines is 1. The van der Waals surface area contributed by atoms with Crippen molar-refractivity contribution in [2.24, 2.45) is 0 Å². The van der Waals surface area contributed by atoms with Crippen molar-refractivity contribution in [1.29, 1.82) is 5.26 Å². The molecule has 0 aromatic heterocycles. The second-order valence-electron chi connectivity index (χ2n) is 5.45. The Balaban J connectivity index is 2.40. The molecule has 6 nitrogen and oxygen atoms in total. The largest absolute Gasteiger partial charge is 0.321 e. The first kappa shape index (κ1) is 19.4. The zero-order valence-electron chi connectivity index (χ0n) is 13.8. The molecule has 1 amide bonds. The van der Waals surface area contributed by atoms with Gasteiger partial charge in [0, 0.05) is 22.3 Å². The Bertz CT molecular complexity index is 978. The van der Waals surface area contributed by atoms with Crippen LogP contribution < -0.4 is 5.32 Å². The van der Waals surface area contributed by atoms with Crippen LogP contribution in [0, 0.1) is 35.3 Å². The maximum absolute atomic E-state index is 12.4. The van der Waals surface area contributed by atoms with Gasteiger partial charge in [-0.3, -0.25) is 14.9 Å². The number of carbonyl (C=O) groups is 1. The lowest BCUT2D eigenvalue weighted by atomic mass is 10.1. The molecule has 0 bridgehead atoms. The Morgan fingerprint density at radius 1 is 1.27 bits per heavy atom. The fourth-order valence-corrected chi connectivity index (χ4v) is 2.69. The standard InChI is InChI=1S/C18H13Cl2N3O3/c1-10-4-3-5-16(11(10)2)22-18(24)13(9-21)6-12-7-17(23(25)26)15(20)8-14(12)19/h3-8H,1-2H3,(H,22,24)/b13-6-. The van der Waals surface area contributed by atoms with Crippen molar-refractivity contribution in [3.05, 3.63) is 72.8 Å². The summed E-state index contributed by atoms with van der Waals surface area (Å²) in [7, 11) is 0. The van der Waals surface area contributed by atoms with Crippen LogP contribution in [-0.4, -0.2) is 10.8 Å². The number of rotatable bonds is 4. The van der Waals surface area contributed by atoms with Gasteiger partial charge in [0.05, 0.1) is 4.92 Å². The van der Waals surface area contributed by atoms with Crippen molar-refractivity contribution in [2.75, 3.05) is 5.32 Å². The van der Waals surface area contributed by atoms with Gasteiger partial charge in [-0.15, -0.1) is 0 Å². The van der Waals surface area contributed by atoms with Gasteiger partial charge in [-0.2, -0.15) is 5.26 Å². The van der Waals surface area contributed by atoms with Gasteiger partial charge in [0.25, 0.3) is 11.6 Å². The molecule has 0 fully saturated rings. The molecule has 0 atom stereocenters. The van der Waals surface area contributed by atoms with Crippen molar-refractivity contribution < 1.29 is 9.72 Å². The normalized spacial score (nSPS) is 11.0. The van der Waals surface area contributed by atoms with Gasteiger partial charge in [0.2, 0.25) is 0 Å². The first-order valence-electron chi connectivity index (χ1n) is 7.37. The van der Waals surface area contributed by atoms with Crippen LogP contribution in [-0.2, 0) is 4.79 Å². The molecule has 0 aliphatic heterocycles. The summed E-state index contributed by atoms with van der Waals surface area (Å²) in [6.07, 6.45) is 1.19. The molecule has 2 aromatic rings. The maximum Gasteiger partial charge on any atom is 0.288 e. The van der Waals surface area contributed by atoms with E-state index < -0.39 is 10.8 Å². The summed E-state index contributed by atoms with van der Waals surface area (Å²) in [6, 6.07) is 9.50. The first-order valence-corrected chi connectivity index (χ1v) is 8.13. The van der Waals surface area contributed by atoms with E-state index in [0.29, 0.717) is 5.69 Å². The van der Waals surface area contributed by atoms with Crippen LogP contribution in [0.25, 0.3) is 6.08 Å². The van der Waals surface area contributed by atoms with Crippen LogP contribution in [0.4, 0.5) is 11.4 Å². The van der Waals surface area contributed by atoms with Crippen LogP contribution in [0.3, 0.4) is 0 Å². The lowest BCUT2D eigenvalue weighted by molar-refractivity contribution is -0.384. The van der Waals surface area contributed by atoms with E-state index in [1.807, 2.05) is 19.9 Å². The van der Waals surface area contributed by atoms with Crippen molar-refractivity contribution in [1.82, 2.24) is 0 Å². The predicted molar refractivity (Wildman–Crippen MR) is 101 cm³/mol. The number of nitriles is 1. The van der Waals surface area contributed by atoms with Gasteiger partial charge in [0.15, 0.2) is 0 Å². The number of benzene rings is 2. The van der Waals surface area contributed by atoms with Gasteiger partial charge < -0.3 is 5.32 Å². The summed E-state index contributed by atoms with van der Waals surface area (Å²) in [5.41, 5.74) is 1.97. The van der Waals surface area contributed by atoms with Gasteiger partial charge in [-0.25, -0.2) is 0 Å². The van der Waals surface area contributed by atoms with Gasteiger partial charge in [-0.05, 0) is 43.2 Å². The number of halogens is 2. The number of carbonyl (C=O) groups excluding carboxylic acids is 1. The maximum atomic E-state index is 12.4. The Hall–Kier alpha value is -2.88. The number of amides is 1. The van der Waals surface area contributed by atoms with Crippen LogP contribution >= 0.6 is 23.2 Å². The molecule has 8 heteroatoms. The summed E-state index contributed by atoms with van der Waals surface area (Å²) >= 11 is 11.8. The summed E-state index contributed by atoms with van der Waals surface area (Å²) in [5.74, 6) is -0.644. The molecule has 26 heavy (non-hydrogen) atoms. The lowest BCUT2D eigenvalue weighted by Crippen LogP contribution is -2.14. The highest BCUT2D eigenvalue weighted by atomic mass is 35.5. The number of nitro groups is 1. The van der Waals surface area contributed by atoms with E-state index in [1.54, 1.807) is 18.2 Å². The molecular weight excluding hydrogens is 377 g/mol. The summed E-state index contributed by atoms with van der Waals surface area (Å²) in [4.78, 5) is 22.7. The molecule has 132 valence electrons. The van der Waals surface area contributed by atoms with E-state index in [0.717, 1.165) is 17.2 Å². The minimum absolute atomic E-state index is 0.0906. The van der Waals surface area contributed by atoms with Crippen molar-refractivity contribution in [3.63, 3.8) is 0 Å². The number of nitrogens with one attached hydrogen (secondary N) is 1. The molecule has 0 spiro atoms. The van der Waals surface area contributed by atoms with Gasteiger partial charge >= 0.3 is 0 Å². The molecule has 0 radical (unpaired) electrons. The second-order valence-corrected chi connectivity index (χ2v) is 6.27. The molecule has 2 rings (SSSR count). The lowest BCUT2D eigenvalue weighted by Gasteiger charge is -2.10. The highest BCUT2D eigenvalue weighted by Crippen LogP contribution is 2.32. The van der Waals surface area contributed by atoms with E-state index in [2.05, 4.69) is 5.32 Å². The number of aryl methyl sites for hydroxylation is 1. The first-order chi connectivity index (χ1) is 12.2. The quantitative estimate of drug-likeness (QED) is 0.341. The molecule has 1 N–H and O–H groups in total. The van der Waals surface area contributed by atoms with Gasteiger partial charge in [0.1, 0.15) is 16.7 Å². The Kier molecular flexibility index (Phi) is 5.98. The average molecular weight is 390 g/mol. The minimum atomic E-state index is -0.668. The molecular formula is C18H13Cl2N3O3. The Morgan fingerprint density at radius 3 is 2.58 bits per heavy atom. The molecule has 0 saturated heterocycles. The third-order valence-corrected chi connectivity index (χ3v) is 4.41. The Labute approximate surface area is 159 Å². The Morgan fingerprint density at radius 2 is 1.96 bits per heavy atom. The fourth-order valence-electron chi connectivity index (χ4n) is 2.18. The number of hydrogen-bond donors (Lipinski definition) is 1. The topological polar surface area (TPSA) is 96.0 Å². The summed E-state index contributed by atoms with van der Waals surface area (Å²) in [6.45, 7) is 3.75. The van der Waals surface area contributed by atoms with Crippen LogP contribution in [0.15, 0.2) is 35.9 Å². The van der Waals surface area contributed by atoms with Crippen LogP contribution in [0.1, 0.15) is 16.7 Å². The van der Waals surface area contributed by atoms with E-state index >= 15 is 0 Å². The average Bonchev–Trinajstić information content (AvgIpc) is 2.57. The third kappa shape index (κ3) is 4.20. The smallest absolute Gasteiger partial charge is 0.288 e. The zero-order valence-corrected chi connectivity index (χ0v) is 15.4. The molecule has 0 aliphatic rings. The van der Waals surface area contributed by atoms with E-state index in [9.17, 15) is 20.2 Å². The zero-order chi connectivity index (χ0) is 19.4. The van der Waals surface area contributed by atoms with Crippen LogP contribution in [0.5, 0.6) is 0 Å². The number of hydrogen-bond acceptors (Lipinski definition) is 4. The van der Waals surface area contributed by atoms with E-state index in [4.69, 9.17) is 23.2 Å². The summed E-state index contributed by atoms with van der Waals surface area (Å²) < 4.78 is 0. The van der Waals surface area contributed by atoms with E-state index in [-0.39, 0.29) is 26.9 Å². The van der Waals surface area contributed by atoms with Crippen molar-refractivity contribution >= 4 is 46.6 Å². The van der Waals surface area contributed by atoms with Crippen molar-refractivity contribution in [2.45, 2.75) is 13.8 Å². The predicted octanol–water partition coefficient (Wildman–Crippen LogP) is 5.06. The monoisotopic (exact) mass is 389 g/mol.